The van der Waals surface area contributed by atoms with Crippen LogP contribution in [0.3, 0.4) is 0 Å². The van der Waals surface area contributed by atoms with Crippen LogP contribution in [0.4, 0.5) is 5.69 Å². The topological polar surface area (TPSA) is 42.3 Å². The Morgan fingerprint density at radius 1 is 1.03 bits per heavy atom. The first-order valence-electron chi connectivity index (χ1n) is 10.9. The lowest BCUT2D eigenvalue weighted by Crippen LogP contribution is -2.30. The van der Waals surface area contributed by atoms with Gasteiger partial charge in [-0.25, -0.2) is 0 Å². The zero-order chi connectivity index (χ0) is 23.7. The van der Waals surface area contributed by atoms with Crippen molar-refractivity contribution >= 4 is 46.2 Å². The number of anilines is 1. The largest absolute Gasteiger partial charge is 0.494 e. The number of hydrogen-bond donors (Lipinski definition) is 1. The van der Waals surface area contributed by atoms with Crippen LogP contribution in [0, 0.1) is 0 Å². The van der Waals surface area contributed by atoms with Crippen LogP contribution in [0.15, 0.2) is 85.2 Å². The van der Waals surface area contributed by atoms with Crippen LogP contribution in [0.2, 0.25) is 10.0 Å². The molecule has 2 aromatic carbocycles. The monoisotopic (exact) mass is 508 g/mol. The molecule has 0 amide bonds. The normalized spacial score (nSPS) is 17.6. The first-order valence-corrected chi connectivity index (χ1v) is 12.1. The van der Waals surface area contributed by atoms with Crippen LogP contribution < -0.4 is 15.0 Å². The van der Waals surface area contributed by atoms with E-state index in [-0.39, 0.29) is 12.1 Å². The molecule has 2 atom stereocenters. The number of ether oxygens (including phenoxy) is 1. The van der Waals surface area contributed by atoms with E-state index in [9.17, 15) is 0 Å². The van der Waals surface area contributed by atoms with Crippen molar-refractivity contribution in [2.24, 2.45) is 0 Å². The number of hydrogen-bond acceptors (Lipinski definition) is 3. The third kappa shape index (κ3) is 4.25. The molecular formula is C26H22Cl2N4OS. The van der Waals surface area contributed by atoms with Gasteiger partial charge >= 0.3 is 0 Å². The zero-order valence-electron chi connectivity index (χ0n) is 18.4. The Balaban J connectivity index is 1.64. The van der Waals surface area contributed by atoms with Crippen LogP contribution in [0.5, 0.6) is 5.75 Å². The number of halogens is 2. The zero-order valence-corrected chi connectivity index (χ0v) is 20.7. The highest BCUT2D eigenvalue weighted by atomic mass is 35.5. The second-order valence-corrected chi connectivity index (χ2v) is 9.05. The maximum absolute atomic E-state index is 6.60. The predicted molar refractivity (Wildman–Crippen MR) is 141 cm³/mol. The standard InChI is InChI=1S/C26H22Cl2N4OS/c1-2-33-19-11-9-18(10-12-19)32-25(24(30-26(32)34)21-6-3-4-14-29-21)23-7-5-15-31(23)22-13-8-17(27)16-20(22)28/h3-16,24-25H,2H2,1H3,(H,30,34)/t24-,25-/m1/s1. The molecule has 1 saturated heterocycles. The van der Waals surface area contributed by atoms with Gasteiger partial charge in [0, 0.05) is 28.8 Å². The van der Waals surface area contributed by atoms with Crippen LogP contribution in [0.25, 0.3) is 5.69 Å². The summed E-state index contributed by atoms with van der Waals surface area (Å²) in [6.45, 7) is 2.58. The summed E-state index contributed by atoms with van der Waals surface area (Å²) in [6.07, 6.45) is 3.80. The average Bonchev–Trinajstić information content (AvgIpc) is 3.44. The van der Waals surface area contributed by atoms with Gasteiger partial charge in [-0.1, -0.05) is 29.3 Å². The van der Waals surface area contributed by atoms with Gasteiger partial charge in [0.2, 0.25) is 0 Å². The molecule has 4 aromatic rings. The molecule has 34 heavy (non-hydrogen) atoms. The van der Waals surface area contributed by atoms with Crippen LogP contribution in [-0.4, -0.2) is 21.3 Å². The number of nitrogens with one attached hydrogen (secondary N) is 1. The number of nitrogens with zero attached hydrogens (tertiary/aromatic N) is 3. The summed E-state index contributed by atoms with van der Waals surface area (Å²) >= 11 is 18.6. The second kappa shape index (κ2) is 9.66. The van der Waals surface area contributed by atoms with E-state index < -0.39 is 0 Å². The molecule has 8 heteroatoms. The van der Waals surface area contributed by atoms with E-state index in [2.05, 4.69) is 25.8 Å². The molecule has 2 aromatic heterocycles. The molecule has 0 saturated carbocycles. The summed E-state index contributed by atoms with van der Waals surface area (Å²) in [5.74, 6) is 0.818. The highest BCUT2D eigenvalue weighted by molar-refractivity contribution is 7.80. The SMILES string of the molecule is CCOc1ccc(N2C(=S)N[C@H](c3ccccn3)[C@H]2c2cccn2-c2ccc(Cl)cc2Cl)cc1. The van der Waals surface area contributed by atoms with Gasteiger partial charge in [0.05, 0.1) is 29.1 Å². The number of pyridine rings is 1. The van der Waals surface area contributed by atoms with Crippen molar-refractivity contribution in [1.82, 2.24) is 14.9 Å². The average molecular weight is 509 g/mol. The molecule has 3 heterocycles. The first-order chi connectivity index (χ1) is 16.6. The highest BCUT2D eigenvalue weighted by Crippen LogP contribution is 2.43. The highest BCUT2D eigenvalue weighted by Gasteiger charge is 2.42. The van der Waals surface area contributed by atoms with Gasteiger partial charge in [-0.2, -0.15) is 0 Å². The minimum Gasteiger partial charge on any atom is -0.494 e. The molecule has 0 unspecified atom stereocenters. The Kier molecular flexibility index (Phi) is 6.46. The van der Waals surface area contributed by atoms with E-state index >= 15 is 0 Å². The lowest BCUT2D eigenvalue weighted by atomic mass is 10.0. The van der Waals surface area contributed by atoms with E-state index in [1.54, 1.807) is 12.3 Å². The predicted octanol–water partition coefficient (Wildman–Crippen LogP) is 6.75. The second-order valence-electron chi connectivity index (χ2n) is 7.82. The molecule has 172 valence electrons. The van der Waals surface area contributed by atoms with Gasteiger partial charge in [0.25, 0.3) is 0 Å². The smallest absolute Gasteiger partial charge is 0.174 e. The van der Waals surface area contributed by atoms with Crippen molar-refractivity contribution < 1.29 is 4.74 Å². The Labute approximate surface area is 213 Å². The van der Waals surface area contributed by atoms with Gasteiger partial charge in [-0.3, -0.25) is 4.98 Å². The Morgan fingerprint density at radius 2 is 1.85 bits per heavy atom. The molecule has 1 aliphatic rings. The van der Waals surface area contributed by atoms with Crippen molar-refractivity contribution in [3.63, 3.8) is 0 Å². The molecule has 1 fully saturated rings. The maximum Gasteiger partial charge on any atom is 0.174 e. The van der Waals surface area contributed by atoms with Crippen molar-refractivity contribution in [2.75, 3.05) is 11.5 Å². The van der Waals surface area contributed by atoms with Gasteiger partial charge in [-0.05, 0) is 85.9 Å². The van der Waals surface area contributed by atoms with Gasteiger partial charge in [-0.15, -0.1) is 0 Å². The summed E-state index contributed by atoms with van der Waals surface area (Å²) in [6, 6.07) is 23.1. The number of benzene rings is 2. The van der Waals surface area contributed by atoms with Crippen molar-refractivity contribution in [1.29, 1.82) is 0 Å². The minimum atomic E-state index is -0.179. The summed E-state index contributed by atoms with van der Waals surface area (Å²) in [5, 5.41) is 5.28. The third-order valence-corrected chi connectivity index (χ3v) is 6.63. The Morgan fingerprint density at radius 3 is 2.56 bits per heavy atom. The van der Waals surface area contributed by atoms with Crippen LogP contribution >= 0.6 is 35.4 Å². The molecule has 5 nitrogen and oxygen atoms in total. The summed E-state index contributed by atoms with van der Waals surface area (Å²) in [4.78, 5) is 6.76. The van der Waals surface area contributed by atoms with Gasteiger partial charge < -0.3 is 19.5 Å². The van der Waals surface area contributed by atoms with Gasteiger partial charge in [0.15, 0.2) is 5.11 Å². The lowest BCUT2D eigenvalue weighted by Gasteiger charge is -2.29. The minimum absolute atomic E-state index is 0.167. The quantitative estimate of drug-likeness (QED) is 0.291. The third-order valence-electron chi connectivity index (χ3n) is 5.78. The van der Waals surface area contributed by atoms with E-state index in [1.165, 1.54) is 0 Å². The summed E-state index contributed by atoms with van der Waals surface area (Å²) in [5.41, 5.74) is 3.72. The molecule has 1 aliphatic heterocycles. The van der Waals surface area contributed by atoms with Crippen molar-refractivity contribution in [3.05, 3.63) is 107 Å². The van der Waals surface area contributed by atoms with Crippen molar-refractivity contribution in [2.45, 2.75) is 19.0 Å². The van der Waals surface area contributed by atoms with E-state index in [1.807, 2.05) is 73.8 Å². The number of thiocarbonyl (C=S) groups is 1. The maximum atomic E-state index is 6.60. The first kappa shape index (κ1) is 22.7. The number of aromatic nitrogens is 2. The number of rotatable bonds is 6. The molecular weight excluding hydrogens is 487 g/mol. The Bertz CT molecular complexity index is 1310. The van der Waals surface area contributed by atoms with Crippen molar-refractivity contribution in [3.8, 4) is 11.4 Å². The molecule has 0 spiro atoms. The fraction of sp³-hybridized carbons (Fsp3) is 0.154. The Hall–Kier alpha value is -3.06. The van der Waals surface area contributed by atoms with Gasteiger partial charge in [0.1, 0.15) is 11.8 Å². The van der Waals surface area contributed by atoms with E-state index in [4.69, 9.17) is 40.2 Å². The molecule has 0 aliphatic carbocycles. The summed E-state index contributed by atoms with van der Waals surface area (Å²) < 4.78 is 7.71. The fourth-order valence-corrected chi connectivity index (χ4v) is 5.18. The van der Waals surface area contributed by atoms with Crippen LogP contribution in [-0.2, 0) is 0 Å². The lowest BCUT2D eigenvalue weighted by molar-refractivity contribution is 0.340. The molecule has 0 radical (unpaired) electrons. The van der Waals surface area contributed by atoms with Crippen LogP contribution in [0.1, 0.15) is 30.4 Å². The molecule has 1 N–H and O–H groups in total. The summed E-state index contributed by atoms with van der Waals surface area (Å²) in [7, 11) is 0. The molecule has 5 rings (SSSR count). The van der Waals surface area contributed by atoms with E-state index in [0.717, 1.165) is 28.5 Å². The fourth-order valence-electron chi connectivity index (χ4n) is 4.33. The van der Waals surface area contributed by atoms with E-state index in [0.29, 0.717) is 21.8 Å². The molecule has 0 bridgehead atoms.